The van der Waals surface area contributed by atoms with Crippen LogP contribution in [0.3, 0.4) is 0 Å². The van der Waals surface area contributed by atoms with Gasteiger partial charge in [-0.3, -0.25) is 0 Å². The SMILES string of the molecule is CCOC(=O)C1=C(C(=O)OCC)C(OC)(c2cc(OC)ccc2OC)OC1(C)C. The first-order valence-electron chi connectivity index (χ1n) is 9.29. The highest BCUT2D eigenvalue weighted by Crippen LogP contribution is 2.52. The summed E-state index contributed by atoms with van der Waals surface area (Å²) in [4.78, 5) is 25.8. The fraction of sp³-hybridized carbons (Fsp3) is 0.524. The van der Waals surface area contributed by atoms with E-state index in [1.807, 2.05) is 0 Å². The third kappa shape index (κ3) is 3.95. The van der Waals surface area contributed by atoms with Gasteiger partial charge < -0.3 is 28.4 Å². The summed E-state index contributed by atoms with van der Waals surface area (Å²) in [5.41, 5.74) is -0.906. The molecule has 0 saturated heterocycles. The molecular formula is C21H28O8. The van der Waals surface area contributed by atoms with Crippen molar-refractivity contribution in [3.63, 3.8) is 0 Å². The van der Waals surface area contributed by atoms with Crippen LogP contribution in [0, 0.1) is 0 Å². The third-order valence-corrected chi connectivity index (χ3v) is 4.59. The van der Waals surface area contributed by atoms with Crippen molar-refractivity contribution in [3.05, 3.63) is 34.9 Å². The second-order valence-electron chi connectivity index (χ2n) is 6.69. The zero-order valence-corrected chi connectivity index (χ0v) is 17.9. The molecule has 2 rings (SSSR count). The maximum atomic E-state index is 13.0. The summed E-state index contributed by atoms with van der Waals surface area (Å²) in [6.07, 6.45) is 0. The van der Waals surface area contributed by atoms with E-state index in [0.29, 0.717) is 17.1 Å². The predicted octanol–water partition coefficient (Wildman–Crippen LogP) is 2.73. The first kappa shape index (κ1) is 22.7. The van der Waals surface area contributed by atoms with Crippen LogP contribution >= 0.6 is 0 Å². The van der Waals surface area contributed by atoms with Crippen LogP contribution in [-0.4, -0.2) is 52.1 Å². The molecule has 8 nitrogen and oxygen atoms in total. The highest BCUT2D eigenvalue weighted by atomic mass is 16.7. The van der Waals surface area contributed by atoms with Crippen LogP contribution in [0.2, 0.25) is 0 Å². The molecule has 29 heavy (non-hydrogen) atoms. The van der Waals surface area contributed by atoms with Crippen LogP contribution < -0.4 is 9.47 Å². The van der Waals surface area contributed by atoms with Crippen LogP contribution in [-0.2, 0) is 34.3 Å². The van der Waals surface area contributed by atoms with Gasteiger partial charge >= 0.3 is 11.9 Å². The highest BCUT2D eigenvalue weighted by Gasteiger charge is 2.59. The monoisotopic (exact) mass is 408 g/mol. The zero-order valence-electron chi connectivity index (χ0n) is 17.9. The van der Waals surface area contributed by atoms with E-state index >= 15 is 0 Å². The van der Waals surface area contributed by atoms with E-state index in [-0.39, 0.29) is 24.4 Å². The van der Waals surface area contributed by atoms with Crippen molar-refractivity contribution in [3.8, 4) is 11.5 Å². The van der Waals surface area contributed by atoms with Crippen molar-refractivity contribution in [2.75, 3.05) is 34.5 Å². The Bertz CT molecular complexity index is 811. The molecule has 0 amide bonds. The molecule has 1 heterocycles. The van der Waals surface area contributed by atoms with E-state index in [1.165, 1.54) is 21.3 Å². The van der Waals surface area contributed by atoms with E-state index in [9.17, 15) is 9.59 Å². The maximum absolute atomic E-state index is 13.0. The van der Waals surface area contributed by atoms with E-state index in [0.717, 1.165) is 0 Å². The molecular weight excluding hydrogens is 380 g/mol. The van der Waals surface area contributed by atoms with E-state index < -0.39 is 23.3 Å². The van der Waals surface area contributed by atoms with Gasteiger partial charge in [-0.05, 0) is 45.9 Å². The molecule has 1 aliphatic rings. The minimum atomic E-state index is -1.77. The molecule has 0 bridgehead atoms. The highest BCUT2D eigenvalue weighted by molar-refractivity contribution is 6.04. The van der Waals surface area contributed by atoms with E-state index in [2.05, 4.69) is 0 Å². The van der Waals surface area contributed by atoms with Crippen molar-refractivity contribution in [1.29, 1.82) is 0 Å². The molecule has 0 aliphatic carbocycles. The van der Waals surface area contributed by atoms with Crippen molar-refractivity contribution in [2.45, 2.75) is 39.1 Å². The van der Waals surface area contributed by atoms with E-state index in [4.69, 9.17) is 28.4 Å². The summed E-state index contributed by atoms with van der Waals surface area (Å²) in [5, 5.41) is 0. The average molecular weight is 408 g/mol. The number of ether oxygens (including phenoxy) is 6. The molecule has 160 valence electrons. The third-order valence-electron chi connectivity index (χ3n) is 4.59. The number of hydrogen-bond donors (Lipinski definition) is 0. The number of methoxy groups -OCH3 is 3. The fourth-order valence-electron chi connectivity index (χ4n) is 3.43. The summed E-state index contributed by atoms with van der Waals surface area (Å²) < 4.78 is 33.3. The lowest BCUT2D eigenvalue weighted by atomic mass is 9.90. The van der Waals surface area contributed by atoms with Gasteiger partial charge in [0, 0.05) is 7.11 Å². The van der Waals surface area contributed by atoms with Gasteiger partial charge in [0.25, 0.3) is 0 Å². The normalized spacial score (nSPS) is 20.4. The fourth-order valence-corrected chi connectivity index (χ4v) is 3.43. The van der Waals surface area contributed by atoms with Crippen LogP contribution in [0.1, 0.15) is 33.3 Å². The smallest absolute Gasteiger partial charge is 0.340 e. The number of carbonyl (C=O) groups is 2. The number of carbonyl (C=O) groups excluding carboxylic acids is 2. The molecule has 1 unspecified atom stereocenters. The summed E-state index contributed by atoms with van der Waals surface area (Å²) in [7, 11) is 4.37. The van der Waals surface area contributed by atoms with Crippen LogP contribution in [0.4, 0.5) is 0 Å². The molecule has 0 spiro atoms. The lowest BCUT2D eigenvalue weighted by Crippen LogP contribution is -2.38. The quantitative estimate of drug-likeness (QED) is 0.607. The van der Waals surface area contributed by atoms with Gasteiger partial charge in [-0.2, -0.15) is 0 Å². The molecule has 0 saturated carbocycles. The van der Waals surface area contributed by atoms with Crippen molar-refractivity contribution < 1.29 is 38.0 Å². The molecule has 8 heteroatoms. The van der Waals surface area contributed by atoms with Gasteiger partial charge in [0.1, 0.15) is 17.1 Å². The molecule has 0 aromatic heterocycles. The lowest BCUT2D eigenvalue weighted by Gasteiger charge is -2.33. The predicted molar refractivity (Wildman–Crippen MR) is 104 cm³/mol. The minimum absolute atomic E-state index is 0.0320. The molecule has 1 aromatic rings. The Morgan fingerprint density at radius 3 is 2.00 bits per heavy atom. The second-order valence-corrected chi connectivity index (χ2v) is 6.69. The van der Waals surface area contributed by atoms with Gasteiger partial charge in [0.05, 0.1) is 44.2 Å². The Morgan fingerprint density at radius 1 is 0.931 bits per heavy atom. The van der Waals surface area contributed by atoms with Crippen molar-refractivity contribution >= 4 is 11.9 Å². The lowest BCUT2D eigenvalue weighted by molar-refractivity contribution is -0.232. The standard InChI is InChI=1S/C21H28O8/c1-8-27-18(22)16-17(19(23)28-9-2)21(26-7,29-20(16,3)4)14-12-13(24-5)10-11-15(14)25-6/h10-12H,8-9H2,1-7H3. The summed E-state index contributed by atoms with van der Waals surface area (Å²) in [5.74, 6) is -2.31. The largest absolute Gasteiger partial charge is 0.497 e. The van der Waals surface area contributed by atoms with Crippen LogP contribution in [0.5, 0.6) is 11.5 Å². The first-order valence-corrected chi connectivity index (χ1v) is 9.29. The van der Waals surface area contributed by atoms with Gasteiger partial charge in [0.15, 0.2) is 0 Å². The number of benzene rings is 1. The molecule has 0 radical (unpaired) electrons. The topological polar surface area (TPSA) is 89.5 Å². The van der Waals surface area contributed by atoms with Crippen molar-refractivity contribution in [2.24, 2.45) is 0 Å². The van der Waals surface area contributed by atoms with E-state index in [1.54, 1.807) is 45.9 Å². The molecule has 0 N–H and O–H groups in total. The van der Waals surface area contributed by atoms with Gasteiger partial charge in [0.2, 0.25) is 5.79 Å². The Labute approximate surface area is 170 Å². The van der Waals surface area contributed by atoms with Gasteiger partial charge in [-0.1, -0.05) is 0 Å². The Balaban J connectivity index is 2.88. The molecule has 1 atom stereocenters. The average Bonchev–Trinajstić information content (AvgIpc) is 2.95. The molecule has 0 fully saturated rings. The summed E-state index contributed by atoms with van der Waals surface area (Å²) in [6.45, 7) is 6.91. The van der Waals surface area contributed by atoms with Crippen LogP contribution in [0.25, 0.3) is 0 Å². The maximum Gasteiger partial charge on any atom is 0.340 e. The molecule has 1 aromatic carbocycles. The first-order chi connectivity index (χ1) is 13.7. The number of esters is 2. The Kier molecular flexibility index (Phi) is 6.92. The van der Waals surface area contributed by atoms with Gasteiger partial charge in [-0.25, -0.2) is 9.59 Å². The summed E-state index contributed by atoms with van der Waals surface area (Å²) in [6, 6.07) is 4.99. The Hall–Kier alpha value is -2.58. The zero-order chi connectivity index (χ0) is 21.8. The minimum Gasteiger partial charge on any atom is -0.497 e. The number of hydrogen-bond acceptors (Lipinski definition) is 8. The Morgan fingerprint density at radius 2 is 1.52 bits per heavy atom. The molecule has 1 aliphatic heterocycles. The summed E-state index contributed by atoms with van der Waals surface area (Å²) >= 11 is 0. The van der Waals surface area contributed by atoms with Gasteiger partial charge in [-0.15, -0.1) is 0 Å². The second kappa shape index (κ2) is 8.84. The van der Waals surface area contributed by atoms with Crippen molar-refractivity contribution in [1.82, 2.24) is 0 Å². The van der Waals surface area contributed by atoms with Crippen LogP contribution in [0.15, 0.2) is 29.3 Å². The number of rotatable bonds is 8.